The first-order valence-corrected chi connectivity index (χ1v) is 6.12. The van der Waals surface area contributed by atoms with Crippen LogP contribution in [0.1, 0.15) is 4.88 Å². The maximum Gasteiger partial charge on any atom is 0.0934 e. The summed E-state index contributed by atoms with van der Waals surface area (Å²) in [7, 11) is 0. The Labute approximate surface area is 91.5 Å². The van der Waals surface area contributed by atoms with E-state index in [4.69, 9.17) is 11.6 Å². The Morgan fingerprint density at radius 3 is 2.73 bits per heavy atom. The molecule has 1 aromatic heterocycles. The molecule has 1 rings (SSSR count). The quantitative estimate of drug-likeness (QED) is 0.703. The maximum absolute atomic E-state index is 5.78. The lowest BCUT2D eigenvalue weighted by molar-refractivity contribution is 1.78. The van der Waals surface area contributed by atoms with E-state index in [1.165, 1.54) is 10.5 Å². The van der Waals surface area contributed by atoms with Crippen molar-refractivity contribution in [2.45, 2.75) is 0 Å². The highest BCUT2D eigenvalue weighted by molar-refractivity contribution is 9.11. The van der Waals surface area contributed by atoms with Gasteiger partial charge in [-0.25, -0.2) is 0 Å². The van der Waals surface area contributed by atoms with Crippen LogP contribution in [0.5, 0.6) is 0 Å². The molecule has 0 radical (unpaired) electrons. The van der Waals surface area contributed by atoms with Crippen LogP contribution < -0.4 is 0 Å². The maximum atomic E-state index is 5.78. The van der Waals surface area contributed by atoms with Crippen molar-refractivity contribution in [2.24, 2.45) is 0 Å². The highest BCUT2D eigenvalue weighted by atomic mass is 79.9. The predicted molar refractivity (Wildman–Crippen MR) is 60.0 cm³/mol. The van der Waals surface area contributed by atoms with Crippen molar-refractivity contribution >= 4 is 60.4 Å². The Morgan fingerprint density at radius 2 is 2.36 bits per heavy atom. The first kappa shape index (κ1) is 9.78. The van der Waals surface area contributed by atoms with E-state index in [1.807, 2.05) is 17.1 Å². The molecule has 0 aliphatic carbocycles. The Bertz CT molecular complexity index is 267. The lowest BCUT2D eigenvalue weighted by Gasteiger charge is -1.94. The number of thiophene rings is 1. The average molecular weight is 316 g/mol. The summed E-state index contributed by atoms with van der Waals surface area (Å²) in [6.07, 6.45) is 0. The highest BCUT2D eigenvalue weighted by Crippen LogP contribution is 2.29. The van der Waals surface area contributed by atoms with E-state index in [0.717, 1.165) is 9.67 Å². The fraction of sp³-hybridized carbons (Fsp3) is 0.143. The molecule has 60 valence electrons. The zero-order chi connectivity index (χ0) is 8.27. The van der Waals surface area contributed by atoms with Crippen LogP contribution in [0.4, 0.5) is 0 Å². The Kier molecular flexibility index (Phi) is 4.13. The molecule has 0 spiro atoms. The Balaban J connectivity index is 2.91. The molecule has 4 heteroatoms. The van der Waals surface area contributed by atoms with E-state index in [2.05, 4.69) is 31.9 Å². The van der Waals surface area contributed by atoms with Gasteiger partial charge in [-0.1, -0.05) is 43.5 Å². The van der Waals surface area contributed by atoms with E-state index in [1.54, 1.807) is 11.3 Å². The molecule has 0 saturated heterocycles. The topological polar surface area (TPSA) is 0 Å². The van der Waals surface area contributed by atoms with Crippen LogP contribution in [0.3, 0.4) is 0 Å². The van der Waals surface area contributed by atoms with Gasteiger partial charge in [0.25, 0.3) is 0 Å². The third kappa shape index (κ3) is 2.58. The van der Waals surface area contributed by atoms with Crippen molar-refractivity contribution in [1.29, 1.82) is 0 Å². The summed E-state index contributed by atoms with van der Waals surface area (Å²) in [4.78, 5) is 3.10. The monoisotopic (exact) mass is 314 g/mol. The van der Waals surface area contributed by atoms with E-state index in [0.29, 0.717) is 0 Å². The summed E-state index contributed by atoms with van der Waals surface area (Å²) in [6, 6.07) is 3.92. The first-order chi connectivity index (χ1) is 5.27. The molecule has 1 heterocycles. The molecule has 1 aromatic rings. The number of alkyl halides is 1. The molecule has 0 saturated carbocycles. The molecule has 0 amide bonds. The molecule has 0 aromatic carbocycles. The highest BCUT2D eigenvalue weighted by Gasteiger charge is 2.01. The van der Waals surface area contributed by atoms with Crippen molar-refractivity contribution in [2.75, 3.05) is 5.33 Å². The molecule has 0 unspecified atom stereocenters. The molecule has 0 aliphatic rings. The fourth-order valence-electron chi connectivity index (χ4n) is 0.636. The van der Waals surface area contributed by atoms with Gasteiger partial charge in [-0.2, -0.15) is 0 Å². The zero-order valence-electron chi connectivity index (χ0n) is 5.48. The molecular weight excluding hydrogens is 311 g/mol. The number of allylic oxidation sites excluding steroid dienone is 1. The van der Waals surface area contributed by atoms with Gasteiger partial charge in [0.1, 0.15) is 0 Å². The van der Waals surface area contributed by atoms with E-state index in [9.17, 15) is 0 Å². The Hall–Kier alpha value is 0.690. The van der Waals surface area contributed by atoms with Crippen molar-refractivity contribution in [3.63, 3.8) is 0 Å². The van der Waals surface area contributed by atoms with Crippen LogP contribution in [0, 0.1) is 0 Å². The van der Waals surface area contributed by atoms with Gasteiger partial charge in [0, 0.05) is 10.2 Å². The normalized spacial score (nSPS) is 12.1. The molecule has 0 bridgehead atoms. The summed E-state index contributed by atoms with van der Waals surface area (Å²) in [5, 5.41) is 0.842. The van der Waals surface area contributed by atoms with Gasteiger partial charge < -0.3 is 0 Å². The van der Waals surface area contributed by atoms with Crippen LogP contribution >= 0.6 is 54.8 Å². The van der Waals surface area contributed by atoms with Crippen molar-refractivity contribution in [1.82, 2.24) is 0 Å². The number of halogens is 3. The number of rotatable bonds is 2. The minimum Gasteiger partial charge on any atom is -0.124 e. The molecule has 0 nitrogen and oxygen atoms in total. The summed E-state index contributed by atoms with van der Waals surface area (Å²) in [5.41, 5.74) is 1.21. The molecule has 0 aliphatic heterocycles. The second-order valence-corrected chi connectivity index (χ2v) is 4.61. The fourth-order valence-corrected chi connectivity index (χ4v) is 3.34. The average Bonchev–Trinajstić information content (AvgIpc) is 2.39. The predicted octanol–water partition coefficient (Wildman–Crippen LogP) is 4.53. The van der Waals surface area contributed by atoms with Crippen LogP contribution in [0.15, 0.2) is 17.1 Å². The summed E-state index contributed by atoms with van der Waals surface area (Å²) >= 11 is 14.0. The number of hydrogen-bond acceptors (Lipinski definition) is 1. The molecular formula is C7H5Br2ClS. The standard InChI is InChI=1S/C7H5Br2ClS/c8-3-5(4-9)6-1-2-7(10)11-6/h1-3H,4H2/b5-3+. The second kappa shape index (κ2) is 4.65. The van der Waals surface area contributed by atoms with E-state index < -0.39 is 0 Å². The molecule has 0 N–H and O–H groups in total. The molecule has 0 atom stereocenters. The smallest absolute Gasteiger partial charge is 0.0934 e. The van der Waals surface area contributed by atoms with Gasteiger partial charge in [0.15, 0.2) is 0 Å². The molecule has 0 fully saturated rings. The molecule has 11 heavy (non-hydrogen) atoms. The van der Waals surface area contributed by atoms with Gasteiger partial charge in [0.05, 0.1) is 4.34 Å². The minimum absolute atomic E-state index is 0.827. The van der Waals surface area contributed by atoms with E-state index >= 15 is 0 Å². The summed E-state index contributed by atoms with van der Waals surface area (Å²) in [5.74, 6) is 0. The zero-order valence-corrected chi connectivity index (χ0v) is 10.2. The van der Waals surface area contributed by atoms with Crippen LogP contribution in [0.2, 0.25) is 4.34 Å². The lowest BCUT2D eigenvalue weighted by Crippen LogP contribution is -1.76. The minimum atomic E-state index is 0.827. The third-order valence-corrected chi connectivity index (χ3v) is 3.63. The largest absolute Gasteiger partial charge is 0.124 e. The van der Waals surface area contributed by atoms with Crippen molar-refractivity contribution in [3.8, 4) is 0 Å². The SMILES string of the molecule is Clc1ccc(/C(=C/Br)CBr)s1. The lowest BCUT2D eigenvalue weighted by atomic mass is 10.3. The van der Waals surface area contributed by atoms with Gasteiger partial charge in [-0.15, -0.1) is 11.3 Å². The Morgan fingerprint density at radius 1 is 1.64 bits per heavy atom. The van der Waals surface area contributed by atoms with Crippen LogP contribution in [0.25, 0.3) is 5.57 Å². The van der Waals surface area contributed by atoms with E-state index in [-0.39, 0.29) is 0 Å². The van der Waals surface area contributed by atoms with Gasteiger partial charge >= 0.3 is 0 Å². The third-order valence-electron chi connectivity index (χ3n) is 1.17. The van der Waals surface area contributed by atoms with Crippen LogP contribution in [-0.2, 0) is 0 Å². The van der Waals surface area contributed by atoms with Gasteiger partial charge in [-0.3, -0.25) is 0 Å². The van der Waals surface area contributed by atoms with Crippen molar-refractivity contribution in [3.05, 3.63) is 26.3 Å². The van der Waals surface area contributed by atoms with Gasteiger partial charge in [0.2, 0.25) is 0 Å². The summed E-state index contributed by atoms with van der Waals surface area (Å²) in [6.45, 7) is 0. The van der Waals surface area contributed by atoms with Gasteiger partial charge in [-0.05, 0) is 22.7 Å². The van der Waals surface area contributed by atoms with Crippen LogP contribution in [-0.4, -0.2) is 5.33 Å². The first-order valence-electron chi connectivity index (χ1n) is 2.89. The van der Waals surface area contributed by atoms with Crippen molar-refractivity contribution < 1.29 is 0 Å². The second-order valence-electron chi connectivity index (χ2n) is 1.87. The number of hydrogen-bond donors (Lipinski definition) is 0. The summed E-state index contributed by atoms with van der Waals surface area (Å²) < 4.78 is 0.827.